The molecule has 8 heteroatoms. The van der Waals surface area contributed by atoms with Gasteiger partial charge in [0.15, 0.2) is 5.82 Å². The van der Waals surface area contributed by atoms with Crippen LogP contribution in [0.4, 0.5) is 11.6 Å². The van der Waals surface area contributed by atoms with Gasteiger partial charge in [-0.3, -0.25) is 0 Å². The molecule has 4 N–H and O–H groups in total. The molecule has 2 aromatic heterocycles. The summed E-state index contributed by atoms with van der Waals surface area (Å²) in [6, 6.07) is 3.29. The number of pyridine rings is 1. The van der Waals surface area contributed by atoms with E-state index in [4.69, 9.17) is 33.6 Å². The van der Waals surface area contributed by atoms with Gasteiger partial charge in [0.05, 0.1) is 16.6 Å². The summed E-state index contributed by atoms with van der Waals surface area (Å²) in [5.41, 5.74) is 3.12. The summed E-state index contributed by atoms with van der Waals surface area (Å²) in [5.74, 6) is 6.08. The number of anilines is 2. The molecule has 0 bridgehead atoms. The average Bonchev–Trinajstić information content (AvgIpc) is 2.81. The summed E-state index contributed by atoms with van der Waals surface area (Å²) in [5, 5.41) is 7.50. The molecule has 0 atom stereocenters. The fourth-order valence-corrected chi connectivity index (χ4v) is 1.67. The van der Waals surface area contributed by atoms with Crippen LogP contribution in [-0.4, -0.2) is 10.1 Å². The Kier molecular flexibility index (Phi) is 3.68. The van der Waals surface area contributed by atoms with E-state index in [2.05, 4.69) is 20.9 Å². The Labute approximate surface area is 107 Å². The lowest BCUT2D eigenvalue weighted by molar-refractivity contribution is 0.412. The summed E-state index contributed by atoms with van der Waals surface area (Å²) in [6.45, 7) is 0.439. The van der Waals surface area contributed by atoms with Gasteiger partial charge in [-0.15, -0.1) is 0 Å². The van der Waals surface area contributed by atoms with Gasteiger partial charge in [0.25, 0.3) is 0 Å². The van der Waals surface area contributed by atoms with E-state index >= 15 is 0 Å². The molecule has 0 unspecified atom stereocenters. The third kappa shape index (κ3) is 2.79. The van der Waals surface area contributed by atoms with Gasteiger partial charge in [-0.05, 0) is 6.07 Å². The van der Waals surface area contributed by atoms with Crippen molar-refractivity contribution in [1.82, 2.24) is 10.1 Å². The van der Waals surface area contributed by atoms with E-state index < -0.39 is 0 Å². The third-order valence-corrected chi connectivity index (χ3v) is 2.57. The molecule has 0 fully saturated rings. The molecule has 0 radical (unpaired) electrons. The van der Waals surface area contributed by atoms with Gasteiger partial charge >= 0.3 is 0 Å². The second kappa shape index (κ2) is 5.22. The van der Waals surface area contributed by atoms with Gasteiger partial charge in [-0.2, -0.15) is 0 Å². The van der Waals surface area contributed by atoms with E-state index in [1.165, 1.54) is 6.26 Å². The third-order valence-electron chi connectivity index (χ3n) is 1.99. The molecular weight excluding hydrogens is 265 g/mol. The molecule has 0 saturated heterocycles. The summed E-state index contributed by atoms with van der Waals surface area (Å²) in [6.07, 6.45) is 1.49. The molecule has 90 valence electrons. The molecular formula is C9H9Cl2N5O. The van der Waals surface area contributed by atoms with Crippen molar-refractivity contribution in [3.05, 3.63) is 34.1 Å². The van der Waals surface area contributed by atoms with Crippen molar-refractivity contribution in [2.45, 2.75) is 6.54 Å². The van der Waals surface area contributed by atoms with E-state index in [0.29, 0.717) is 28.2 Å². The highest BCUT2D eigenvalue weighted by Crippen LogP contribution is 2.28. The van der Waals surface area contributed by atoms with Gasteiger partial charge in [0, 0.05) is 6.07 Å². The zero-order valence-corrected chi connectivity index (χ0v) is 10.1. The van der Waals surface area contributed by atoms with E-state index in [9.17, 15) is 0 Å². The van der Waals surface area contributed by atoms with Crippen molar-refractivity contribution < 1.29 is 4.52 Å². The molecule has 0 amide bonds. The molecule has 6 nitrogen and oxygen atoms in total. The summed E-state index contributed by atoms with van der Waals surface area (Å²) in [4.78, 5) is 4.12. The summed E-state index contributed by atoms with van der Waals surface area (Å²) >= 11 is 11.8. The Morgan fingerprint density at radius 2 is 2.06 bits per heavy atom. The SMILES string of the molecule is NNc1nc(NCc2ccon2)c(Cl)cc1Cl. The van der Waals surface area contributed by atoms with Crippen LogP contribution < -0.4 is 16.6 Å². The largest absolute Gasteiger partial charge is 0.364 e. The highest BCUT2D eigenvalue weighted by atomic mass is 35.5. The van der Waals surface area contributed by atoms with Gasteiger partial charge in [-0.25, -0.2) is 10.8 Å². The fraction of sp³-hybridized carbons (Fsp3) is 0.111. The van der Waals surface area contributed by atoms with Gasteiger partial charge < -0.3 is 15.3 Å². The van der Waals surface area contributed by atoms with Crippen molar-refractivity contribution in [3.8, 4) is 0 Å². The Morgan fingerprint density at radius 3 is 2.71 bits per heavy atom. The predicted octanol–water partition coefficient (Wildman–Crippen LogP) is 2.27. The van der Waals surface area contributed by atoms with Crippen molar-refractivity contribution in [2.75, 3.05) is 10.7 Å². The monoisotopic (exact) mass is 273 g/mol. The number of nitrogens with one attached hydrogen (secondary N) is 2. The number of nitrogens with zero attached hydrogens (tertiary/aromatic N) is 2. The molecule has 2 rings (SSSR count). The number of hydrogen-bond donors (Lipinski definition) is 3. The van der Waals surface area contributed by atoms with Crippen LogP contribution in [0.15, 0.2) is 22.9 Å². The maximum Gasteiger partial charge on any atom is 0.161 e. The minimum Gasteiger partial charge on any atom is -0.364 e. The molecule has 17 heavy (non-hydrogen) atoms. The molecule has 0 aromatic carbocycles. The van der Waals surface area contributed by atoms with Gasteiger partial charge in [0.1, 0.15) is 17.8 Å². The lowest BCUT2D eigenvalue weighted by atomic mass is 10.4. The van der Waals surface area contributed by atoms with E-state index in [0.717, 1.165) is 5.69 Å². The van der Waals surface area contributed by atoms with Crippen LogP contribution in [0.25, 0.3) is 0 Å². The average molecular weight is 274 g/mol. The first-order chi connectivity index (χ1) is 8.20. The number of nitrogens with two attached hydrogens (primary N) is 1. The summed E-state index contributed by atoms with van der Waals surface area (Å²) in [7, 11) is 0. The van der Waals surface area contributed by atoms with Crippen LogP contribution in [0.5, 0.6) is 0 Å². The highest BCUT2D eigenvalue weighted by molar-refractivity contribution is 6.37. The zero-order valence-electron chi connectivity index (χ0n) is 8.58. The molecule has 0 aliphatic heterocycles. The number of rotatable bonds is 4. The second-order valence-electron chi connectivity index (χ2n) is 3.14. The molecule has 0 saturated carbocycles. The van der Waals surface area contributed by atoms with Crippen LogP contribution in [-0.2, 0) is 6.54 Å². The topological polar surface area (TPSA) is 89.0 Å². The lowest BCUT2D eigenvalue weighted by Crippen LogP contribution is -2.11. The number of hydrogen-bond acceptors (Lipinski definition) is 6. The van der Waals surface area contributed by atoms with Crippen molar-refractivity contribution in [3.63, 3.8) is 0 Å². The maximum atomic E-state index is 5.98. The lowest BCUT2D eigenvalue weighted by Gasteiger charge is -2.09. The number of aromatic nitrogens is 2. The molecule has 0 aliphatic carbocycles. The van der Waals surface area contributed by atoms with Crippen LogP contribution in [0.1, 0.15) is 5.69 Å². The van der Waals surface area contributed by atoms with Crippen molar-refractivity contribution in [1.29, 1.82) is 0 Å². The minimum atomic E-state index is 0.346. The van der Waals surface area contributed by atoms with Gasteiger partial charge in [0.2, 0.25) is 0 Å². The maximum absolute atomic E-state index is 5.98. The number of nitrogen functional groups attached to an aromatic ring is 1. The quantitative estimate of drug-likeness (QED) is 0.585. The second-order valence-corrected chi connectivity index (χ2v) is 3.95. The standard InChI is InChI=1S/C9H9Cl2N5O/c10-6-3-7(11)9(15-12)14-8(6)13-4-5-1-2-17-16-5/h1-3H,4,12H2,(H2,13,14,15). The van der Waals surface area contributed by atoms with Crippen LogP contribution in [0.2, 0.25) is 10.0 Å². The Morgan fingerprint density at radius 1 is 1.29 bits per heavy atom. The zero-order chi connectivity index (χ0) is 12.3. The minimum absolute atomic E-state index is 0.346. The first-order valence-corrected chi connectivity index (χ1v) is 5.42. The smallest absolute Gasteiger partial charge is 0.161 e. The Hall–Kier alpha value is -1.50. The first kappa shape index (κ1) is 12.0. The summed E-state index contributed by atoms with van der Waals surface area (Å²) < 4.78 is 4.70. The van der Waals surface area contributed by atoms with E-state index in [1.807, 2.05) is 0 Å². The van der Waals surface area contributed by atoms with Crippen LogP contribution in [0, 0.1) is 0 Å². The Bertz CT molecular complexity index is 502. The van der Waals surface area contributed by atoms with Gasteiger partial charge in [-0.1, -0.05) is 28.4 Å². The van der Waals surface area contributed by atoms with Crippen molar-refractivity contribution >= 4 is 34.8 Å². The predicted molar refractivity (Wildman–Crippen MR) is 65.9 cm³/mol. The number of halogens is 2. The molecule has 2 aromatic rings. The molecule has 0 spiro atoms. The molecule has 2 heterocycles. The van der Waals surface area contributed by atoms with Crippen molar-refractivity contribution in [2.24, 2.45) is 5.84 Å². The van der Waals surface area contributed by atoms with E-state index in [-0.39, 0.29) is 0 Å². The number of hydrazine groups is 1. The first-order valence-electron chi connectivity index (χ1n) is 4.66. The van der Waals surface area contributed by atoms with Crippen LogP contribution in [0.3, 0.4) is 0 Å². The normalized spacial score (nSPS) is 10.3. The highest BCUT2D eigenvalue weighted by Gasteiger charge is 2.08. The van der Waals surface area contributed by atoms with Crippen LogP contribution >= 0.6 is 23.2 Å². The fourth-order valence-electron chi connectivity index (χ4n) is 1.19. The Balaban J connectivity index is 2.15. The van der Waals surface area contributed by atoms with E-state index in [1.54, 1.807) is 12.1 Å². The molecule has 0 aliphatic rings.